The van der Waals surface area contributed by atoms with Crippen molar-refractivity contribution in [3.63, 3.8) is 0 Å². The van der Waals surface area contributed by atoms with Gasteiger partial charge in [0, 0.05) is 29.8 Å². The first-order valence-electron chi connectivity index (χ1n) is 13.7. The van der Waals surface area contributed by atoms with E-state index in [2.05, 4.69) is 4.98 Å². The van der Waals surface area contributed by atoms with Crippen molar-refractivity contribution in [2.24, 2.45) is 17.8 Å². The second-order valence-corrected chi connectivity index (χ2v) is 10.8. The summed E-state index contributed by atoms with van der Waals surface area (Å²) in [5.41, 5.74) is 4.66. The summed E-state index contributed by atoms with van der Waals surface area (Å²) in [6.45, 7) is 2.34. The average molecular weight is 552 g/mol. The van der Waals surface area contributed by atoms with Crippen LogP contribution in [0, 0.1) is 27.9 Å². The number of nitro groups is 1. The van der Waals surface area contributed by atoms with Gasteiger partial charge >= 0.3 is 0 Å². The summed E-state index contributed by atoms with van der Waals surface area (Å²) >= 11 is 0. The highest BCUT2D eigenvalue weighted by molar-refractivity contribution is 6.22. The number of phenolic OH excluding ortho intramolecular Hbond substituents is 1. The predicted molar refractivity (Wildman–Crippen MR) is 153 cm³/mol. The van der Waals surface area contributed by atoms with Crippen molar-refractivity contribution in [3.8, 4) is 5.75 Å². The number of carbonyl (C=O) groups is 2. The van der Waals surface area contributed by atoms with Crippen LogP contribution in [0.4, 0.5) is 11.4 Å². The third-order valence-electron chi connectivity index (χ3n) is 8.39. The van der Waals surface area contributed by atoms with Gasteiger partial charge < -0.3 is 9.84 Å². The van der Waals surface area contributed by atoms with Gasteiger partial charge in [-0.05, 0) is 67.7 Å². The zero-order valence-electron chi connectivity index (χ0n) is 22.5. The highest BCUT2D eigenvalue weighted by Crippen LogP contribution is 2.50. The summed E-state index contributed by atoms with van der Waals surface area (Å²) in [6.07, 6.45) is 5.19. The van der Waals surface area contributed by atoms with E-state index in [1.807, 2.05) is 43.3 Å². The van der Waals surface area contributed by atoms with E-state index in [1.54, 1.807) is 24.4 Å². The molecule has 2 aliphatic heterocycles. The van der Waals surface area contributed by atoms with Gasteiger partial charge in [-0.1, -0.05) is 35.9 Å². The van der Waals surface area contributed by atoms with Gasteiger partial charge in [-0.25, -0.2) is 4.90 Å². The number of nitro benzene ring substituents is 1. The van der Waals surface area contributed by atoms with Crippen LogP contribution in [-0.2, 0) is 14.3 Å². The molecule has 0 bridgehead atoms. The molecule has 41 heavy (non-hydrogen) atoms. The Labute approximate surface area is 236 Å². The number of allylic oxidation sites excluding steroid dienone is 2. The number of amides is 2. The van der Waals surface area contributed by atoms with E-state index in [9.17, 15) is 24.8 Å². The molecule has 1 aliphatic carbocycles. The minimum Gasteiger partial charge on any atom is -0.507 e. The van der Waals surface area contributed by atoms with Crippen molar-refractivity contribution in [1.82, 2.24) is 4.98 Å². The van der Waals surface area contributed by atoms with Crippen molar-refractivity contribution in [2.75, 3.05) is 11.5 Å². The number of nitrogens with zero attached hydrogens (tertiary/aromatic N) is 3. The number of para-hydroxylation sites is 1. The molecule has 1 N–H and O–H groups in total. The molecule has 2 amide bonds. The normalized spacial score (nSPS) is 24.0. The molecule has 0 unspecified atom stereocenters. The van der Waals surface area contributed by atoms with Crippen molar-refractivity contribution >= 4 is 34.8 Å². The molecule has 0 saturated carbocycles. The first-order valence-corrected chi connectivity index (χ1v) is 13.7. The standard InChI is InChI=1S/C32H29N3O6/c1-19-15-24-30(32(38)34(31(24)37)22-8-6-9-23(17-22)35(39)40)25-18-41-28(29(19)25)13-12-20(26-10-4-5-14-33-26)16-21-7-2-3-11-27(21)36/h2-11,14,16-17,24-25,28,30,36H,12-13,15,18H2,1H3/b20-16-/t24-,25+,28-,30-/m1/s1. The van der Waals surface area contributed by atoms with Crippen LogP contribution in [0.5, 0.6) is 5.75 Å². The molecule has 2 saturated heterocycles. The molecular weight excluding hydrogens is 522 g/mol. The molecule has 9 heteroatoms. The summed E-state index contributed by atoms with van der Waals surface area (Å²) in [4.78, 5) is 43.6. The van der Waals surface area contributed by atoms with E-state index in [0.29, 0.717) is 31.4 Å². The lowest BCUT2D eigenvalue weighted by Gasteiger charge is -2.30. The Morgan fingerprint density at radius 1 is 1.10 bits per heavy atom. The Hall–Kier alpha value is -4.63. The topological polar surface area (TPSA) is 123 Å². The number of hydrogen-bond donors (Lipinski definition) is 1. The number of hydrogen-bond acceptors (Lipinski definition) is 7. The number of aromatic hydroxyl groups is 1. The molecule has 3 heterocycles. The summed E-state index contributed by atoms with van der Waals surface area (Å²) in [6, 6.07) is 18.5. The van der Waals surface area contributed by atoms with Crippen molar-refractivity contribution in [3.05, 3.63) is 105 Å². The lowest BCUT2D eigenvalue weighted by atomic mass is 9.70. The Morgan fingerprint density at radius 3 is 2.66 bits per heavy atom. The molecule has 0 spiro atoms. The fourth-order valence-corrected chi connectivity index (χ4v) is 6.54. The summed E-state index contributed by atoms with van der Waals surface area (Å²) in [7, 11) is 0. The lowest BCUT2D eigenvalue weighted by molar-refractivity contribution is -0.384. The maximum absolute atomic E-state index is 13.7. The number of benzene rings is 2. The van der Waals surface area contributed by atoms with Crippen LogP contribution in [0.15, 0.2) is 84.1 Å². The highest BCUT2D eigenvalue weighted by atomic mass is 16.6. The number of anilines is 1. The molecule has 208 valence electrons. The first-order chi connectivity index (χ1) is 19.8. The van der Waals surface area contributed by atoms with Gasteiger partial charge in [0.1, 0.15) is 5.75 Å². The van der Waals surface area contributed by atoms with E-state index in [4.69, 9.17) is 4.74 Å². The molecule has 9 nitrogen and oxygen atoms in total. The van der Waals surface area contributed by atoms with E-state index in [0.717, 1.165) is 27.3 Å². The molecule has 6 rings (SSSR count). The monoisotopic (exact) mass is 551 g/mol. The third kappa shape index (κ3) is 4.82. The van der Waals surface area contributed by atoms with Gasteiger partial charge in [0.2, 0.25) is 11.8 Å². The zero-order chi connectivity index (χ0) is 28.7. The second kappa shape index (κ2) is 10.7. The minimum absolute atomic E-state index is 0.169. The number of pyridine rings is 1. The number of non-ortho nitro benzene ring substituents is 1. The summed E-state index contributed by atoms with van der Waals surface area (Å²) in [5.74, 6) is -1.74. The van der Waals surface area contributed by atoms with E-state index in [-0.39, 0.29) is 41.0 Å². The van der Waals surface area contributed by atoms with Crippen LogP contribution >= 0.6 is 0 Å². The van der Waals surface area contributed by atoms with E-state index in [1.165, 1.54) is 18.2 Å². The fraction of sp³-hybridized carbons (Fsp3) is 0.281. The van der Waals surface area contributed by atoms with Crippen LogP contribution in [0.1, 0.15) is 37.4 Å². The summed E-state index contributed by atoms with van der Waals surface area (Å²) in [5, 5.41) is 21.7. The predicted octanol–water partition coefficient (Wildman–Crippen LogP) is 5.56. The van der Waals surface area contributed by atoms with Crippen LogP contribution in [0.2, 0.25) is 0 Å². The van der Waals surface area contributed by atoms with Crippen LogP contribution in [0.25, 0.3) is 11.6 Å². The van der Waals surface area contributed by atoms with Crippen molar-refractivity contribution in [2.45, 2.75) is 32.3 Å². The van der Waals surface area contributed by atoms with Gasteiger partial charge in [-0.15, -0.1) is 0 Å². The Morgan fingerprint density at radius 2 is 1.90 bits per heavy atom. The smallest absolute Gasteiger partial charge is 0.271 e. The Bertz CT molecular complexity index is 1600. The average Bonchev–Trinajstić information content (AvgIpc) is 3.51. The largest absolute Gasteiger partial charge is 0.507 e. The molecule has 4 atom stereocenters. The minimum atomic E-state index is -0.558. The SMILES string of the molecule is CC1=C2[C@@H](CC/C(=C/c3ccccc3O)c3ccccn3)OC[C@@H]2[C@@H]2C(=O)N(c3cccc([N+](=O)[O-])c3)C(=O)[C@@H]2C1. The molecule has 0 radical (unpaired) electrons. The summed E-state index contributed by atoms with van der Waals surface area (Å²) < 4.78 is 6.29. The molecular formula is C32H29N3O6. The second-order valence-electron chi connectivity index (χ2n) is 10.8. The lowest BCUT2D eigenvalue weighted by Crippen LogP contribution is -2.34. The molecule has 2 aromatic carbocycles. The highest BCUT2D eigenvalue weighted by Gasteiger charge is 2.57. The number of carbonyl (C=O) groups excluding carboxylic acids is 2. The van der Waals surface area contributed by atoms with Crippen molar-refractivity contribution < 1.29 is 24.4 Å². The first kappa shape index (κ1) is 26.6. The number of phenols is 1. The molecule has 1 aromatic heterocycles. The number of ether oxygens (including phenoxy) is 1. The molecule has 3 aromatic rings. The van der Waals surface area contributed by atoms with Gasteiger partial charge in [-0.3, -0.25) is 24.7 Å². The van der Waals surface area contributed by atoms with Crippen LogP contribution in [-0.4, -0.2) is 39.5 Å². The number of imide groups is 1. The van der Waals surface area contributed by atoms with Gasteiger partial charge in [0.15, 0.2) is 0 Å². The van der Waals surface area contributed by atoms with Gasteiger partial charge in [-0.2, -0.15) is 0 Å². The number of aromatic nitrogens is 1. The van der Waals surface area contributed by atoms with E-state index < -0.39 is 16.8 Å². The van der Waals surface area contributed by atoms with Crippen LogP contribution in [0.3, 0.4) is 0 Å². The quantitative estimate of drug-likeness (QED) is 0.177. The molecule has 2 fully saturated rings. The Balaban J connectivity index is 1.25. The third-order valence-corrected chi connectivity index (χ3v) is 8.39. The fourth-order valence-electron chi connectivity index (χ4n) is 6.54. The Kier molecular flexibility index (Phi) is 6.96. The molecule has 3 aliphatic rings. The maximum atomic E-state index is 13.7. The maximum Gasteiger partial charge on any atom is 0.271 e. The number of fused-ring (bicyclic) bond motifs is 3. The van der Waals surface area contributed by atoms with E-state index >= 15 is 0 Å². The van der Waals surface area contributed by atoms with Crippen LogP contribution < -0.4 is 4.90 Å². The van der Waals surface area contributed by atoms with Gasteiger partial charge in [0.25, 0.3) is 5.69 Å². The van der Waals surface area contributed by atoms with Crippen molar-refractivity contribution in [1.29, 1.82) is 0 Å². The van der Waals surface area contributed by atoms with Gasteiger partial charge in [0.05, 0.1) is 40.9 Å². The zero-order valence-corrected chi connectivity index (χ0v) is 22.5. The number of rotatable bonds is 7.